The van der Waals surface area contributed by atoms with E-state index in [0.29, 0.717) is 5.56 Å². The van der Waals surface area contributed by atoms with Crippen LogP contribution in [0.1, 0.15) is 46.2 Å². The van der Waals surface area contributed by atoms with Crippen molar-refractivity contribution in [2.24, 2.45) is 7.05 Å². The van der Waals surface area contributed by atoms with Crippen molar-refractivity contribution in [1.29, 1.82) is 0 Å². The number of benzene rings is 1. The van der Waals surface area contributed by atoms with Crippen molar-refractivity contribution >= 4 is 5.91 Å². The molecule has 0 aliphatic carbocycles. The molecule has 35 heavy (non-hydrogen) atoms. The maximum absolute atomic E-state index is 13.2. The van der Waals surface area contributed by atoms with Crippen LogP contribution < -0.4 is 9.88 Å². The van der Waals surface area contributed by atoms with Crippen LogP contribution in [0.4, 0.5) is 30.7 Å². The summed E-state index contributed by atoms with van der Waals surface area (Å²) < 4.78 is 92.4. The molecule has 0 bridgehead atoms. The van der Waals surface area contributed by atoms with Crippen LogP contribution in [0, 0.1) is 5.82 Å². The lowest BCUT2D eigenvalue weighted by Crippen LogP contribution is -2.39. The average molecular weight is 502 g/mol. The molecule has 2 aromatic heterocycles. The molecular weight excluding hydrogens is 483 g/mol. The van der Waals surface area contributed by atoms with E-state index in [9.17, 15) is 40.6 Å². The number of aliphatic hydroxyl groups is 1. The molecule has 2 N–H and O–H groups in total. The zero-order valence-corrected chi connectivity index (χ0v) is 18.2. The normalized spacial score (nSPS) is 13.9. The highest BCUT2D eigenvalue weighted by Crippen LogP contribution is 2.35. The van der Waals surface area contributed by atoms with E-state index in [0.717, 1.165) is 35.0 Å². The Balaban J connectivity index is 1.95. The number of hydrogen-bond acceptors (Lipinski definition) is 3. The van der Waals surface area contributed by atoms with Gasteiger partial charge in [-0.2, -0.15) is 30.9 Å². The first kappa shape index (κ1) is 26.1. The monoisotopic (exact) mass is 502 g/mol. The highest BCUT2D eigenvalue weighted by Gasteiger charge is 2.41. The number of aliphatic hydroxyl groups excluding tert-OH is 1. The lowest BCUT2D eigenvalue weighted by molar-refractivity contribution is -0.691. The predicted octanol–water partition coefficient (Wildman–Crippen LogP) is 4.82. The quantitative estimate of drug-likeness (QED) is 0.389. The first-order chi connectivity index (χ1) is 16.2. The van der Waals surface area contributed by atoms with Gasteiger partial charge in [0.2, 0.25) is 0 Å². The Kier molecular flexibility index (Phi) is 7.16. The SMILES string of the molecule is C[C@@H](NC(=O)c1cc(-c2ccc(F)cn2)cc(C(O)C(F)(F)F)c1)c1ccc(C(F)(F)F)[n+](C)c1. The molecule has 0 radical (unpaired) electrons. The van der Waals surface area contributed by atoms with Gasteiger partial charge in [0.1, 0.15) is 12.9 Å². The van der Waals surface area contributed by atoms with Crippen molar-refractivity contribution in [1.82, 2.24) is 10.3 Å². The number of nitrogens with one attached hydrogen (secondary N) is 1. The highest BCUT2D eigenvalue weighted by molar-refractivity contribution is 5.96. The van der Waals surface area contributed by atoms with Crippen molar-refractivity contribution in [3.05, 3.63) is 83.1 Å². The maximum atomic E-state index is 13.2. The van der Waals surface area contributed by atoms with Gasteiger partial charge in [-0.15, -0.1) is 0 Å². The summed E-state index contributed by atoms with van der Waals surface area (Å²) >= 11 is 0. The number of rotatable bonds is 5. The number of halogens is 7. The number of amides is 1. The Labute approximate surface area is 194 Å². The Hall–Kier alpha value is -3.54. The number of carbonyl (C=O) groups is 1. The Morgan fingerprint density at radius 3 is 2.26 bits per heavy atom. The van der Waals surface area contributed by atoms with Gasteiger partial charge in [-0.1, -0.05) is 0 Å². The van der Waals surface area contributed by atoms with E-state index in [2.05, 4.69) is 10.3 Å². The van der Waals surface area contributed by atoms with E-state index >= 15 is 0 Å². The fourth-order valence-electron chi connectivity index (χ4n) is 3.37. The van der Waals surface area contributed by atoms with Gasteiger partial charge in [0.25, 0.3) is 11.6 Å². The van der Waals surface area contributed by atoms with Crippen molar-refractivity contribution in [3.63, 3.8) is 0 Å². The number of pyridine rings is 2. The van der Waals surface area contributed by atoms with Gasteiger partial charge in [-0.3, -0.25) is 9.78 Å². The van der Waals surface area contributed by atoms with Gasteiger partial charge >= 0.3 is 12.4 Å². The molecule has 5 nitrogen and oxygen atoms in total. The third kappa shape index (κ3) is 6.13. The van der Waals surface area contributed by atoms with E-state index in [1.165, 1.54) is 38.4 Å². The minimum Gasteiger partial charge on any atom is -0.379 e. The second kappa shape index (κ2) is 9.61. The predicted molar refractivity (Wildman–Crippen MR) is 109 cm³/mol. The van der Waals surface area contributed by atoms with E-state index < -0.39 is 47.5 Å². The number of alkyl halides is 6. The molecule has 1 aromatic carbocycles. The van der Waals surface area contributed by atoms with Crippen molar-refractivity contribution in [3.8, 4) is 11.3 Å². The van der Waals surface area contributed by atoms with Crippen molar-refractivity contribution in [2.45, 2.75) is 31.4 Å². The van der Waals surface area contributed by atoms with Crippen molar-refractivity contribution < 1.29 is 45.2 Å². The fourth-order valence-corrected chi connectivity index (χ4v) is 3.37. The largest absolute Gasteiger partial charge is 0.477 e. The smallest absolute Gasteiger partial charge is 0.379 e. The molecule has 0 aliphatic rings. The van der Waals surface area contributed by atoms with Crippen LogP contribution in [0.2, 0.25) is 0 Å². The van der Waals surface area contributed by atoms with Crippen LogP contribution in [0.3, 0.4) is 0 Å². The molecule has 2 heterocycles. The van der Waals surface area contributed by atoms with Crippen LogP contribution in [0.15, 0.2) is 54.9 Å². The van der Waals surface area contributed by atoms with E-state index in [-0.39, 0.29) is 16.8 Å². The third-order valence-electron chi connectivity index (χ3n) is 5.16. The van der Waals surface area contributed by atoms with Gasteiger partial charge < -0.3 is 10.4 Å². The van der Waals surface area contributed by atoms with Crippen LogP contribution in [0.25, 0.3) is 11.3 Å². The molecule has 3 aromatic rings. The Bertz CT molecular complexity index is 1230. The minimum absolute atomic E-state index is 0.0181. The summed E-state index contributed by atoms with van der Waals surface area (Å²) in [6.45, 7) is 1.48. The first-order valence-corrected chi connectivity index (χ1v) is 10.1. The van der Waals surface area contributed by atoms with Gasteiger partial charge in [0.15, 0.2) is 12.3 Å². The Morgan fingerprint density at radius 2 is 1.71 bits per heavy atom. The number of aromatic nitrogens is 2. The number of aryl methyl sites for hydroxylation is 1. The summed E-state index contributed by atoms with van der Waals surface area (Å²) in [7, 11) is 1.19. The molecule has 186 valence electrons. The lowest BCUT2D eigenvalue weighted by atomic mass is 9.98. The summed E-state index contributed by atoms with van der Waals surface area (Å²) in [5.41, 5.74) is -1.44. The maximum Gasteiger partial charge on any atom is 0.477 e. The molecule has 12 heteroatoms. The molecule has 0 aliphatic heterocycles. The van der Waals surface area contributed by atoms with Crippen LogP contribution in [0.5, 0.6) is 0 Å². The number of carbonyl (C=O) groups excluding carboxylic acids is 1. The third-order valence-corrected chi connectivity index (χ3v) is 5.16. The molecule has 3 rings (SSSR count). The van der Waals surface area contributed by atoms with E-state index in [1.807, 2.05) is 0 Å². The number of nitrogens with zero attached hydrogens (tertiary/aromatic N) is 2. The summed E-state index contributed by atoms with van der Waals surface area (Å²) in [6.07, 6.45) is -10.5. The second-order valence-electron chi connectivity index (χ2n) is 7.80. The lowest BCUT2D eigenvalue weighted by Gasteiger charge is -2.18. The second-order valence-corrected chi connectivity index (χ2v) is 7.80. The summed E-state index contributed by atoms with van der Waals surface area (Å²) in [6, 6.07) is 6.46. The average Bonchev–Trinajstić information content (AvgIpc) is 2.77. The van der Waals surface area contributed by atoms with E-state index in [4.69, 9.17) is 0 Å². The minimum atomic E-state index is -5.02. The van der Waals surface area contributed by atoms with Crippen LogP contribution >= 0.6 is 0 Å². The van der Waals surface area contributed by atoms with Gasteiger partial charge in [0, 0.05) is 22.8 Å². The Morgan fingerprint density at radius 1 is 1.03 bits per heavy atom. The standard InChI is InChI=1S/C23H18F7N3O2/c1-12(13-3-6-19(22(25,26)27)33(2)11-13)32-21(35)16-8-14(18-5-4-17(24)10-31-18)7-15(9-16)20(34)23(28,29)30/h3-12,20,34H,1-2H3/p+1/t12-,20?/m1/s1. The summed E-state index contributed by atoms with van der Waals surface area (Å²) in [5, 5.41) is 12.2. The molecular formula is C23H19F7N3O2+. The molecule has 1 unspecified atom stereocenters. The fraction of sp³-hybridized carbons (Fsp3) is 0.261. The van der Waals surface area contributed by atoms with Gasteiger partial charge in [0.05, 0.1) is 17.9 Å². The van der Waals surface area contributed by atoms with Crippen LogP contribution in [-0.2, 0) is 13.2 Å². The molecule has 0 saturated heterocycles. The van der Waals surface area contributed by atoms with Crippen LogP contribution in [-0.4, -0.2) is 22.2 Å². The topological polar surface area (TPSA) is 66.1 Å². The molecule has 1 amide bonds. The summed E-state index contributed by atoms with van der Waals surface area (Å²) in [4.78, 5) is 16.7. The van der Waals surface area contributed by atoms with Gasteiger partial charge in [-0.25, -0.2) is 4.39 Å². The number of hydrogen-bond donors (Lipinski definition) is 2. The zero-order valence-electron chi connectivity index (χ0n) is 18.2. The molecule has 0 spiro atoms. The highest BCUT2D eigenvalue weighted by atomic mass is 19.4. The van der Waals surface area contributed by atoms with E-state index in [1.54, 1.807) is 0 Å². The van der Waals surface area contributed by atoms with Gasteiger partial charge in [-0.05, 0) is 48.9 Å². The molecule has 0 fully saturated rings. The zero-order chi connectivity index (χ0) is 26.1. The first-order valence-electron chi connectivity index (χ1n) is 10.1. The summed E-state index contributed by atoms with van der Waals surface area (Å²) in [5.74, 6) is -1.53. The molecule has 2 atom stereocenters. The van der Waals surface area contributed by atoms with Crippen molar-refractivity contribution in [2.75, 3.05) is 0 Å². The molecule has 0 saturated carbocycles.